The molecule has 0 aliphatic heterocycles. The van der Waals surface area contributed by atoms with Gasteiger partial charge in [0.05, 0.1) is 24.4 Å². The average Bonchev–Trinajstić information content (AvgIpc) is 3.29. The summed E-state index contributed by atoms with van der Waals surface area (Å²) in [5.41, 5.74) is 0.0786. The highest BCUT2D eigenvalue weighted by Gasteiger charge is 2.22. The summed E-state index contributed by atoms with van der Waals surface area (Å²) < 4.78 is 16.9. The van der Waals surface area contributed by atoms with Crippen LogP contribution in [0.15, 0.2) is 18.2 Å². The van der Waals surface area contributed by atoms with Gasteiger partial charge in [-0.3, -0.25) is 0 Å². The van der Waals surface area contributed by atoms with Crippen molar-refractivity contribution in [2.45, 2.75) is 103 Å². The summed E-state index contributed by atoms with van der Waals surface area (Å²) in [7, 11) is 0. The molecule has 0 aromatic heterocycles. The van der Waals surface area contributed by atoms with Crippen molar-refractivity contribution in [1.29, 1.82) is 0 Å². The van der Waals surface area contributed by atoms with Crippen LogP contribution in [0, 0.1) is 0 Å². The SMILES string of the molecule is C1CCC(OC2CCCC2)C1.CC(C)Oc1cccc(OC(C)C)c1C(=O)O. The van der Waals surface area contributed by atoms with Gasteiger partial charge in [0.15, 0.2) is 0 Å². The van der Waals surface area contributed by atoms with E-state index in [-0.39, 0.29) is 17.8 Å². The third kappa shape index (κ3) is 7.34. The predicted molar refractivity (Wildman–Crippen MR) is 111 cm³/mol. The van der Waals surface area contributed by atoms with Gasteiger partial charge >= 0.3 is 5.97 Å². The van der Waals surface area contributed by atoms with E-state index in [9.17, 15) is 9.90 Å². The molecule has 5 heteroatoms. The molecule has 1 N–H and O–H groups in total. The van der Waals surface area contributed by atoms with Crippen molar-refractivity contribution in [2.75, 3.05) is 0 Å². The first-order chi connectivity index (χ1) is 13.4. The summed E-state index contributed by atoms with van der Waals surface area (Å²) in [6, 6.07) is 5.00. The van der Waals surface area contributed by atoms with E-state index in [1.807, 2.05) is 27.7 Å². The number of hydrogen-bond donors (Lipinski definition) is 1. The summed E-state index contributed by atoms with van der Waals surface area (Å²) in [6.07, 6.45) is 12.0. The molecule has 2 fully saturated rings. The molecule has 2 saturated carbocycles. The molecular weight excluding hydrogens is 356 g/mol. The molecule has 2 aliphatic rings. The number of aromatic carboxylic acids is 1. The molecule has 0 heterocycles. The minimum atomic E-state index is -1.04. The van der Waals surface area contributed by atoms with E-state index < -0.39 is 5.97 Å². The van der Waals surface area contributed by atoms with E-state index in [4.69, 9.17) is 14.2 Å². The van der Waals surface area contributed by atoms with Gasteiger partial charge in [0.25, 0.3) is 0 Å². The fourth-order valence-electron chi connectivity index (χ4n) is 3.75. The first-order valence-electron chi connectivity index (χ1n) is 10.7. The van der Waals surface area contributed by atoms with Gasteiger partial charge in [-0.25, -0.2) is 4.79 Å². The molecule has 5 nitrogen and oxygen atoms in total. The zero-order chi connectivity index (χ0) is 20.5. The zero-order valence-corrected chi connectivity index (χ0v) is 17.8. The van der Waals surface area contributed by atoms with Crippen molar-refractivity contribution in [2.24, 2.45) is 0 Å². The molecule has 0 radical (unpaired) electrons. The minimum absolute atomic E-state index is 0.0786. The van der Waals surface area contributed by atoms with Crippen LogP contribution < -0.4 is 9.47 Å². The summed E-state index contributed by atoms with van der Waals surface area (Å²) in [5.74, 6) is -0.367. The van der Waals surface area contributed by atoms with Crippen LogP contribution in [0.3, 0.4) is 0 Å². The molecule has 1 aromatic rings. The van der Waals surface area contributed by atoms with E-state index in [0.717, 1.165) is 0 Å². The van der Waals surface area contributed by atoms with Gasteiger partial charge < -0.3 is 19.3 Å². The molecule has 0 bridgehead atoms. The minimum Gasteiger partial charge on any atom is -0.490 e. The number of ether oxygens (including phenoxy) is 3. The van der Waals surface area contributed by atoms with Gasteiger partial charge in [-0.1, -0.05) is 31.7 Å². The summed E-state index contributed by atoms with van der Waals surface area (Å²) >= 11 is 0. The number of carbonyl (C=O) groups is 1. The maximum absolute atomic E-state index is 11.2. The number of carboxylic acid groups (broad SMARTS) is 1. The van der Waals surface area contributed by atoms with E-state index in [2.05, 4.69) is 0 Å². The van der Waals surface area contributed by atoms with Crippen molar-refractivity contribution in [3.05, 3.63) is 23.8 Å². The lowest BCUT2D eigenvalue weighted by atomic mass is 10.1. The largest absolute Gasteiger partial charge is 0.490 e. The fourth-order valence-corrected chi connectivity index (χ4v) is 3.75. The molecule has 0 unspecified atom stereocenters. The number of hydrogen-bond acceptors (Lipinski definition) is 4. The van der Waals surface area contributed by atoms with Gasteiger partial charge in [0.1, 0.15) is 17.1 Å². The molecule has 0 atom stereocenters. The van der Waals surface area contributed by atoms with Crippen LogP contribution in [0.25, 0.3) is 0 Å². The smallest absolute Gasteiger partial charge is 0.343 e. The molecule has 0 spiro atoms. The van der Waals surface area contributed by atoms with Gasteiger partial charge in [0.2, 0.25) is 0 Å². The Morgan fingerprint density at radius 3 is 1.57 bits per heavy atom. The van der Waals surface area contributed by atoms with Crippen molar-refractivity contribution in [1.82, 2.24) is 0 Å². The second-order valence-electron chi connectivity index (χ2n) is 8.22. The fraction of sp³-hybridized carbons (Fsp3) is 0.696. The van der Waals surface area contributed by atoms with Gasteiger partial charge in [-0.15, -0.1) is 0 Å². The van der Waals surface area contributed by atoms with E-state index in [1.54, 1.807) is 18.2 Å². The Labute approximate surface area is 169 Å². The van der Waals surface area contributed by atoms with E-state index >= 15 is 0 Å². The Kier molecular flexibility index (Phi) is 9.10. The van der Waals surface area contributed by atoms with Crippen LogP contribution in [0.1, 0.15) is 89.4 Å². The number of rotatable bonds is 7. The van der Waals surface area contributed by atoms with Crippen molar-refractivity contribution in [3.8, 4) is 11.5 Å². The van der Waals surface area contributed by atoms with Gasteiger partial charge in [0, 0.05) is 0 Å². The van der Waals surface area contributed by atoms with Gasteiger partial charge in [-0.2, -0.15) is 0 Å². The highest BCUT2D eigenvalue weighted by atomic mass is 16.5. The second kappa shape index (κ2) is 11.3. The first-order valence-corrected chi connectivity index (χ1v) is 10.7. The molecule has 158 valence electrons. The molecule has 2 aliphatic carbocycles. The highest BCUT2D eigenvalue weighted by molar-refractivity contribution is 5.94. The van der Waals surface area contributed by atoms with Crippen LogP contribution in [-0.4, -0.2) is 35.5 Å². The molecular formula is C23H36O5. The molecule has 28 heavy (non-hydrogen) atoms. The second-order valence-corrected chi connectivity index (χ2v) is 8.22. The van der Waals surface area contributed by atoms with Crippen LogP contribution >= 0.6 is 0 Å². The van der Waals surface area contributed by atoms with Crippen LogP contribution in [0.2, 0.25) is 0 Å². The van der Waals surface area contributed by atoms with Crippen molar-refractivity contribution < 1.29 is 24.1 Å². The molecule has 1 aromatic carbocycles. The molecule has 0 amide bonds. The Balaban J connectivity index is 0.000000218. The van der Waals surface area contributed by atoms with Crippen LogP contribution in [0.4, 0.5) is 0 Å². The Bertz CT molecular complexity index is 557. The maximum atomic E-state index is 11.2. The van der Waals surface area contributed by atoms with E-state index in [0.29, 0.717) is 23.7 Å². The lowest BCUT2D eigenvalue weighted by Gasteiger charge is -2.17. The van der Waals surface area contributed by atoms with Gasteiger partial charge in [-0.05, 0) is 65.5 Å². The number of carboxylic acids is 1. The third-order valence-electron chi connectivity index (χ3n) is 4.92. The van der Waals surface area contributed by atoms with Crippen LogP contribution in [-0.2, 0) is 4.74 Å². The molecule has 3 rings (SSSR count). The van der Waals surface area contributed by atoms with Crippen LogP contribution in [0.5, 0.6) is 11.5 Å². The lowest BCUT2D eigenvalue weighted by molar-refractivity contribution is -0.00353. The summed E-state index contributed by atoms with van der Waals surface area (Å²) in [4.78, 5) is 11.2. The first kappa shape index (κ1) is 22.5. The number of benzene rings is 1. The Hall–Kier alpha value is -1.75. The maximum Gasteiger partial charge on any atom is 0.343 e. The predicted octanol–water partition coefficient (Wildman–Crippen LogP) is 5.85. The monoisotopic (exact) mass is 392 g/mol. The van der Waals surface area contributed by atoms with E-state index in [1.165, 1.54) is 51.4 Å². The van der Waals surface area contributed by atoms with Crippen molar-refractivity contribution in [3.63, 3.8) is 0 Å². The summed E-state index contributed by atoms with van der Waals surface area (Å²) in [5, 5.41) is 9.21. The average molecular weight is 393 g/mol. The standard InChI is InChI=1S/C13H18O4.C10H18O/c1-8(2)16-10-6-5-7-11(17-9(3)4)12(10)13(14)15;1-2-6-9(5-1)11-10-7-3-4-8-10/h5-9H,1-4H3,(H,14,15);9-10H,1-8H2. The molecule has 0 saturated heterocycles. The quantitative estimate of drug-likeness (QED) is 0.631. The Morgan fingerprint density at radius 2 is 1.25 bits per heavy atom. The topological polar surface area (TPSA) is 65.0 Å². The Morgan fingerprint density at radius 1 is 0.857 bits per heavy atom. The van der Waals surface area contributed by atoms with Crippen molar-refractivity contribution >= 4 is 5.97 Å². The zero-order valence-electron chi connectivity index (χ0n) is 17.8. The lowest BCUT2D eigenvalue weighted by Crippen LogP contribution is -2.16. The third-order valence-corrected chi connectivity index (χ3v) is 4.92. The summed E-state index contributed by atoms with van der Waals surface area (Å²) in [6.45, 7) is 7.40. The highest BCUT2D eigenvalue weighted by Crippen LogP contribution is 2.30. The normalized spacial score (nSPS) is 17.6.